The van der Waals surface area contributed by atoms with E-state index in [-0.39, 0.29) is 0 Å². The fourth-order valence-electron chi connectivity index (χ4n) is 2.54. The first-order valence-electron chi connectivity index (χ1n) is 7.07. The molecule has 2 aliphatic rings. The van der Waals surface area contributed by atoms with E-state index in [0.717, 1.165) is 31.8 Å². The highest BCUT2D eigenvalue weighted by atomic mass is 16.2. The monoisotopic (exact) mass is 238 g/mol. The second-order valence-corrected chi connectivity index (χ2v) is 6.08. The lowest BCUT2D eigenvalue weighted by molar-refractivity contribution is -0.134. The van der Waals surface area contributed by atoms with Gasteiger partial charge in [-0.25, -0.2) is 0 Å². The van der Waals surface area contributed by atoms with Crippen molar-refractivity contribution < 1.29 is 4.79 Å². The summed E-state index contributed by atoms with van der Waals surface area (Å²) in [4.78, 5) is 16.4. The summed E-state index contributed by atoms with van der Waals surface area (Å²) in [6, 6.07) is 0.626. The summed E-state index contributed by atoms with van der Waals surface area (Å²) in [7, 11) is 2.20. The molecule has 3 nitrogen and oxygen atoms in total. The maximum absolute atomic E-state index is 11.9. The third kappa shape index (κ3) is 3.44. The first kappa shape index (κ1) is 12.9. The van der Waals surface area contributed by atoms with Crippen LogP contribution in [0.25, 0.3) is 0 Å². The number of carbonyl (C=O) groups is 1. The van der Waals surface area contributed by atoms with Gasteiger partial charge in [0.25, 0.3) is 0 Å². The van der Waals surface area contributed by atoms with Crippen molar-refractivity contribution in [1.29, 1.82) is 0 Å². The lowest BCUT2D eigenvalue weighted by Gasteiger charge is -2.35. The summed E-state index contributed by atoms with van der Waals surface area (Å²) in [5, 5.41) is 0. The van der Waals surface area contributed by atoms with Crippen molar-refractivity contribution in [2.75, 3.05) is 26.7 Å². The van der Waals surface area contributed by atoms with Crippen molar-refractivity contribution in [2.24, 2.45) is 11.8 Å². The molecule has 1 heterocycles. The van der Waals surface area contributed by atoms with Crippen LogP contribution in [0.5, 0.6) is 0 Å². The molecule has 1 aliphatic heterocycles. The van der Waals surface area contributed by atoms with Crippen LogP contribution < -0.4 is 0 Å². The highest BCUT2D eigenvalue weighted by Crippen LogP contribution is 2.32. The van der Waals surface area contributed by atoms with Gasteiger partial charge in [-0.2, -0.15) is 0 Å². The van der Waals surface area contributed by atoms with Gasteiger partial charge in [0.2, 0.25) is 5.91 Å². The number of amides is 1. The van der Waals surface area contributed by atoms with Crippen LogP contribution in [0, 0.1) is 11.8 Å². The molecule has 1 amide bonds. The van der Waals surface area contributed by atoms with Crippen LogP contribution in [0.1, 0.15) is 39.5 Å². The number of hydrogen-bond donors (Lipinski definition) is 0. The van der Waals surface area contributed by atoms with Gasteiger partial charge in [-0.15, -0.1) is 0 Å². The van der Waals surface area contributed by atoms with Crippen LogP contribution in [-0.4, -0.2) is 48.4 Å². The molecule has 0 aromatic heterocycles. The molecule has 0 bridgehead atoms. The summed E-state index contributed by atoms with van der Waals surface area (Å²) in [6.45, 7) is 7.65. The molecule has 98 valence electrons. The largest absolute Gasteiger partial charge is 0.342 e. The third-order valence-electron chi connectivity index (χ3n) is 4.28. The molecule has 0 aromatic carbocycles. The minimum atomic E-state index is 0.393. The Morgan fingerprint density at radius 1 is 1.24 bits per heavy atom. The van der Waals surface area contributed by atoms with Crippen LogP contribution >= 0.6 is 0 Å². The summed E-state index contributed by atoms with van der Waals surface area (Å²) >= 11 is 0. The van der Waals surface area contributed by atoms with Crippen molar-refractivity contribution in [1.82, 2.24) is 9.80 Å². The molecule has 1 saturated carbocycles. The third-order valence-corrected chi connectivity index (χ3v) is 4.28. The van der Waals surface area contributed by atoms with E-state index >= 15 is 0 Å². The van der Waals surface area contributed by atoms with Gasteiger partial charge >= 0.3 is 0 Å². The summed E-state index contributed by atoms with van der Waals surface area (Å²) in [5.41, 5.74) is 0. The first-order chi connectivity index (χ1) is 8.08. The van der Waals surface area contributed by atoms with E-state index in [1.807, 2.05) is 0 Å². The normalized spacial score (nSPS) is 22.5. The Balaban J connectivity index is 1.72. The van der Waals surface area contributed by atoms with Crippen LogP contribution in [-0.2, 0) is 4.79 Å². The van der Waals surface area contributed by atoms with Gasteiger partial charge in [-0.1, -0.05) is 0 Å². The van der Waals surface area contributed by atoms with Crippen molar-refractivity contribution in [3.8, 4) is 0 Å². The van der Waals surface area contributed by atoms with Crippen LogP contribution in [0.4, 0.5) is 0 Å². The summed E-state index contributed by atoms with van der Waals surface area (Å²) in [6.07, 6.45) is 4.65. The minimum absolute atomic E-state index is 0.393. The van der Waals surface area contributed by atoms with Gasteiger partial charge in [0.1, 0.15) is 0 Å². The molecular formula is C14H26N2O. The van der Waals surface area contributed by atoms with Crippen LogP contribution in [0.3, 0.4) is 0 Å². The zero-order valence-electron chi connectivity index (χ0n) is 11.5. The van der Waals surface area contributed by atoms with Crippen molar-refractivity contribution in [2.45, 2.75) is 45.6 Å². The molecule has 0 aromatic rings. The van der Waals surface area contributed by atoms with Gasteiger partial charge in [0.05, 0.1) is 0 Å². The summed E-state index contributed by atoms with van der Waals surface area (Å²) in [5.74, 6) is 1.61. The van der Waals surface area contributed by atoms with Crippen molar-refractivity contribution in [3.63, 3.8) is 0 Å². The number of nitrogens with zero attached hydrogens (tertiary/aromatic N) is 2. The lowest BCUT2D eigenvalue weighted by atomic mass is 9.95. The van der Waals surface area contributed by atoms with E-state index in [1.54, 1.807) is 0 Å². The lowest BCUT2D eigenvalue weighted by Crippen LogP contribution is -2.42. The highest BCUT2D eigenvalue weighted by Gasteiger charge is 2.34. The molecule has 0 spiro atoms. The molecule has 17 heavy (non-hydrogen) atoms. The molecule has 3 heteroatoms. The number of carbonyl (C=O) groups excluding carboxylic acids is 1. The standard InChI is InChI=1S/C14H26N2O/c1-11(2)15(3)10-12-6-8-16(9-7-12)14(17)13-4-5-13/h11-13H,4-10H2,1-3H3. The zero-order chi connectivity index (χ0) is 12.4. The molecule has 0 N–H and O–H groups in total. The second-order valence-electron chi connectivity index (χ2n) is 6.08. The quantitative estimate of drug-likeness (QED) is 0.747. The Morgan fingerprint density at radius 3 is 2.29 bits per heavy atom. The average molecular weight is 238 g/mol. The van der Waals surface area contributed by atoms with E-state index in [0.29, 0.717) is 17.9 Å². The maximum atomic E-state index is 11.9. The van der Waals surface area contributed by atoms with Gasteiger partial charge in [0.15, 0.2) is 0 Å². The fourth-order valence-corrected chi connectivity index (χ4v) is 2.54. The predicted molar refractivity (Wildman–Crippen MR) is 69.8 cm³/mol. The Bertz CT molecular complexity index is 265. The number of likely N-dealkylation sites (tertiary alicyclic amines) is 1. The molecule has 0 atom stereocenters. The summed E-state index contributed by atoms with van der Waals surface area (Å²) < 4.78 is 0. The zero-order valence-corrected chi connectivity index (χ0v) is 11.5. The Labute approximate surface area is 105 Å². The van der Waals surface area contributed by atoms with E-state index in [2.05, 4.69) is 30.7 Å². The van der Waals surface area contributed by atoms with Gasteiger partial charge in [-0.05, 0) is 52.5 Å². The van der Waals surface area contributed by atoms with E-state index < -0.39 is 0 Å². The number of piperidine rings is 1. The SMILES string of the molecule is CC(C)N(C)CC1CCN(C(=O)C2CC2)CC1. The topological polar surface area (TPSA) is 23.6 Å². The van der Waals surface area contributed by atoms with Crippen LogP contribution in [0.2, 0.25) is 0 Å². The Hall–Kier alpha value is -0.570. The van der Waals surface area contributed by atoms with Crippen molar-refractivity contribution >= 4 is 5.91 Å². The number of hydrogen-bond acceptors (Lipinski definition) is 2. The van der Waals surface area contributed by atoms with E-state index in [1.165, 1.54) is 19.4 Å². The predicted octanol–water partition coefficient (Wildman–Crippen LogP) is 1.98. The van der Waals surface area contributed by atoms with Gasteiger partial charge in [0, 0.05) is 31.6 Å². The van der Waals surface area contributed by atoms with Crippen molar-refractivity contribution in [3.05, 3.63) is 0 Å². The fraction of sp³-hybridized carbons (Fsp3) is 0.929. The average Bonchev–Trinajstić information content (AvgIpc) is 3.13. The van der Waals surface area contributed by atoms with Crippen LogP contribution in [0.15, 0.2) is 0 Å². The van der Waals surface area contributed by atoms with Gasteiger partial charge < -0.3 is 9.80 Å². The maximum Gasteiger partial charge on any atom is 0.225 e. The van der Waals surface area contributed by atoms with Gasteiger partial charge in [-0.3, -0.25) is 4.79 Å². The second kappa shape index (κ2) is 5.38. The molecule has 0 radical (unpaired) electrons. The number of rotatable bonds is 4. The van der Waals surface area contributed by atoms with E-state index in [4.69, 9.17) is 0 Å². The minimum Gasteiger partial charge on any atom is -0.342 e. The smallest absolute Gasteiger partial charge is 0.225 e. The molecule has 0 unspecified atom stereocenters. The Morgan fingerprint density at radius 2 is 1.82 bits per heavy atom. The molecule has 1 saturated heterocycles. The molecule has 1 aliphatic carbocycles. The molecule has 2 fully saturated rings. The first-order valence-corrected chi connectivity index (χ1v) is 7.07. The Kier molecular flexibility index (Phi) is 4.08. The van der Waals surface area contributed by atoms with E-state index in [9.17, 15) is 4.79 Å². The molecular weight excluding hydrogens is 212 g/mol. The highest BCUT2D eigenvalue weighted by molar-refractivity contribution is 5.81. The molecule has 2 rings (SSSR count).